The van der Waals surface area contributed by atoms with Gasteiger partial charge in [-0.1, -0.05) is 80.9 Å². The SMILES string of the molecule is C[C@H]1CC[C@]2(C)[C@]3(C)CC=C4[C@]5(C)CC(C)(C)CC[C@]5(C)CC[C@]4(C)[C@]3(C)CC[C@]2(C)[C@]1(C)C(=O)O. The molecule has 2 heteroatoms. The monoisotopic (exact) mass is 496 g/mol. The number of allylic oxidation sites excluding steroid dienone is 2. The van der Waals surface area contributed by atoms with E-state index in [-0.39, 0.29) is 38.4 Å². The summed E-state index contributed by atoms with van der Waals surface area (Å²) in [4.78, 5) is 13.0. The summed E-state index contributed by atoms with van der Waals surface area (Å²) < 4.78 is 0. The lowest BCUT2D eigenvalue weighted by Crippen LogP contribution is -2.73. The van der Waals surface area contributed by atoms with Gasteiger partial charge >= 0.3 is 5.97 Å². The van der Waals surface area contributed by atoms with E-state index < -0.39 is 11.4 Å². The molecule has 0 aliphatic heterocycles. The number of hydrogen-bond donors (Lipinski definition) is 1. The fraction of sp³-hybridized carbons (Fsp3) is 0.912. The molecule has 0 unspecified atom stereocenters. The number of fused-ring (bicyclic) bond motifs is 7. The normalized spacial score (nSPS) is 58.0. The van der Waals surface area contributed by atoms with Gasteiger partial charge in [0, 0.05) is 0 Å². The van der Waals surface area contributed by atoms with Crippen LogP contribution in [0.3, 0.4) is 0 Å². The minimum atomic E-state index is -0.681. The summed E-state index contributed by atoms with van der Waals surface area (Å²) in [5.41, 5.74) is 2.36. The first-order valence-corrected chi connectivity index (χ1v) is 15.2. The van der Waals surface area contributed by atoms with Gasteiger partial charge in [-0.15, -0.1) is 0 Å². The fourth-order valence-corrected chi connectivity index (χ4v) is 12.3. The van der Waals surface area contributed by atoms with E-state index in [1.807, 2.05) is 0 Å². The molecule has 0 radical (unpaired) electrons. The molecule has 9 atom stereocenters. The lowest BCUT2D eigenvalue weighted by Gasteiger charge is -2.79. The first kappa shape index (κ1) is 26.8. The molecule has 0 amide bonds. The Morgan fingerprint density at radius 1 is 0.722 bits per heavy atom. The van der Waals surface area contributed by atoms with Crippen LogP contribution in [0.4, 0.5) is 0 Å². The van der Waals surface area contributed by atoms with Crippen LogP contribution in [0.5, 0.6) is 0 Å². The van der Waals surface area contributed by atoms with E-state index in [4.69, 9.17) is 0 Å². The quantitative estimate of drug-likeness (QED) is 0.367. The zero-order valence-electron chi connectivity index (χ0n) is 25.6. The highest BCUT2D eigenvalue weighted by Crippen LogP contribution is 2.84. The molecule has 36 heavy (non-hydrogen) atoms. The van der Waals surface area contributed by atoms with Crippen LogP contribution in [0.15, 0.2) is 11.6 Å². The third-order valence-electron chi connectivity index (χ3n) is 16.2. The molecule has 0 aromatic rings. The molecule has 5 aliphatic carbocycles. The smallest absolute Gasteiger partial charge is 0.310 e. The van der Waals surface area contributed by atoms with Crippen molar-refractivity contribution in [3.63, 3.8) is 0 Å². The summed E-state index contributed by atoms with van der Waals surface area (Å²) in [5.74, 6) is -0.357. The molecule has 0 bridgehead atoms. The van der Waals surface area contributed by atoms with Crippen molar-refractivity contribution in [1.82, 2.24) is 0 Å². The van der Waals surface area contributed by atoms with Gasteiger partial charge < -0.3 is 5.11 Å². The summed E-state index contributed by atoms with van der Waals surface area (Å²) in [6.07, 6.45) is 14.8. The Labute approximate surface area is 222 Å². The second kappa shape index (κ2) is 7.04. The zero-order chi connectivity index (χ0) is 27.0. The van der Waals surface area contributed by atoms with Crippen molar-refractivity contribution in [2.24, 2.45) is 54.7 Å². The van der Waals surface area contributed by atoms with Crippen LogP contribution >= 0.6 is 0 Å². The number of carboxylic acids is 1. The highest BCUT2D eigenvalue weighted by Gasteiger charge is 2.78. The minimum absolute atomic E-state index is 0.00875. The van der Waals surface area contributed by atoms with Gasteiger partial charge in [0.2, 0.25) is 0 Å². The van der Waals surface area contributed by atoms with Crippen molar-refractivity contribution in [2.45, 2.75) is 140 Å². The number of hydrogen-bond acceptors (Lipinski definition) is 1. The predicted octanol–water partition coefficient (Wildman–Crippen LogP) is 9.68. The van der Waals surface area contributed by atoms with E-state index in [1.54, 1.807) is 5.57 Å². The third-order valence-corrected chi connectivity index (χ3v) is 16.2. The maximum absolute atomic E-state index is 13.0. The van der Waals surface area contributed by atoms with E-state index in [2.05, 4.69) is 82.2 Å². The van der Waals surface area contributed by atoms with Crippen molar-refractivity contribution in [3.05, 3.63) is 11.6 Å². The summed E-state index contributed by atoms with van der Waals surface area (Å²) in [7, 11) is 0. The first-order valence-electron chi connectivity index (χ1n) is 15.2. The molecular weight excluding hydrogens is 440 g/mol. The molecule has 4 saturated carbocycles. The minimum Gasteiger partial charge on any atom is -0.481 e. The van der Waals surface area contributed by atoms with E-state index >= 15 is 0 Å². The molecule has 1 N–H and O–H groups in total. The van der Waals surface area contributed by atoms with Crippen molar-refractivity contribution in [2.75, 3.05) is 0 Å². The lowest BCUT2D eigenvalue weighted by molar-refractivity contribution is -0.285. The number of aliphatic carboxylic acids is 1. The van der Waals surface area contributed by atoms with Gasteiger partial charge in [-0.05, 0) is 120 Å². The molecule has 0 aromatic heterocycles. The average Bonchev–Trinajstić information content (AvgIpc) is 2.77. The summed E-state index contributed by atoms with van der Waals surface area (Å²) in [6.45, 7) is 27.4. The van der Waals surface area contributed by atoms with Crippen LogP contribution in [0.2, 0.25) is 0 Å². The van der Waals surface area contributed by atoms with E-state index in [0.29, 0.717) is 10.8 Å². The third kappa shape index (κ3) is 2.55. The summed E-state index contributed by atoms with van der Waals surface area (Å²) >= 11 is 0. The molecule has 204 valence electrons. The molecule has 5 rings (SSSR count). The van der Waals surface area contributed by atoms with Crippen molar-refractivity contribution < 1.29 is 9.90 Å². The average molecular weight is 497 g/mol. The maximum atomic E-state index is 13.0. The molecule has 0 aromatic carbocycles. The van der Waals surface area contributed by atoms with Gasteiger partial charge in [0.05, 0.1) is 5.41 Å². The Kier molecular flexibility index (Phi) is 5.24. The second-order valence-corrected chi connectivity index (χ2v) is 17.2. The summed E-state index contributed by atoms with van der Waals surface area (Å²) in [6, 6.07) is 0. The Bertz CT molecular complexity index is 1020. The van der Waals surface area contributed by atoms with Gasteiger partial charge in [0.15, 0.2) is 0 Å². The largest absolute Gasteiger partial charge is 0.481 e. The van der Waals surface area contributed by atoms with Gasteiger partial charge in [-0.2, -0.15) is 0 Å². The van der Waals surface area contributed by atoms with Gasteiger partial charge in [0.1, 0.15) is 0 Å². The Morgan fingerprint density at radius 3 is 1.92 bits per heavy atom. The molecule has 0 heterocycles. The van der Waals surface area contributed by atoms with Crippen molar-refractivity contribution in [1.29, 1.82) is 0 Å². The molecule has 0 spiro atoms. The molecule has 5 aliphatic rings. The molecular formula is C34H56O2. The molecule has 0 saturated heterocycles. The van der Waals surface area contributed by atoms with Crippen LogP contribution in [-0.2, 0) is 4.79 Å². The Balaban J connectivity index is 1.70. The van der Waals surface area contributed by atoms with Gasteiger partial charge in [-0.3, -0.25) is 4.79 Å². The van der Waals surface area contributed by atoms with Crippen molar-refractivity contribution >= 4 is 5.97 Å². The standard InChI is InChI=1S/C34H56O2/c1-23-12-14-32(9)31(8)15-13-24-28(5,19-18-27(4)17-16-26(2,3)22-29(24,27)6)30(31,7)20-21-33(32,10)34(23,11)25(35)36/h13,23H,12,14-22H2,1-11H3,(H,35,36)/t23-,27+,28-,29-,30-,31+,32+,33-,34-/m0/s1. The highest BCUT2D eigenvalue weighted by molar-refractivity contribution is 5.76. The number of carbonyl (C=O) groups is 1. The van der Waals surface area contributed by atoms with Crippen LogP contribution < -0.4 is 0 Å². The Morgan fingerprint density at radius 2 is 1.31 bits per heavy atom. The number of rotatable bonds is 1. The molecule has 2 nitrogen and oxygen atoms in total. The van der Waals surface area contributed by atoms with Crippen LogP contribution in [0.25, 0.3) is 0 Å². The van der Waals surface area contributed by atoms with Gasteiger partial charge in [0.25, 0.3) is 0 Å². The lowest BCUT2D eigenvalue weighted by atomic mass is 9.24. The van der Waals surface area contributed by atoms with E-state index in [0.717, 1.165) is 32.1 Å². The van der Waals surface area contributed by atoms with E-state index in [9.17, 15) is 9.90 Å². The summed E-state index contributed by atoms with van der Waals surface area (Å²) in [5, 5.41) is 10.7. The van der Waals surface area contributed by atoms with Crippen LogP contribution in [0, 0.1) is 54.7 Å². The van der Waals surface area contributed by atoms with Crippen LogP contribution in [-0.4, -0.2) is 11.1 Å². The predicted molar refractivity (Wildman–Crippen MR) is 150 cm³/mol. The van der Waals surface area contributed by atoms with Crippen molar-refractivity contribution in [3.8, 4) is 0 Å². The van der Waals surface area contributed by atoms with Gasteiger partial charge in [-0.25, -0.2) is 0 Å². The second-order valence-electron chi connectivity index (χ2n) is 17.2. The molecule has 4 fully saturated rings. The maximum Gasteiger partial charge on any atom is 0.310 e. The zero-order valence-corrected chi connectivity index (χ0v) is 25.6. The first-order chi connectivity index (χ1) is 16.2. The van der Waals surface area contributed by atoms with Crippen LogP contribution in [0.1, 0.15) is 140 Å². The van der Waals surface area contributed by atoms with E-state index in [1.165, 1.54) is 32.1 Å². The fourth-order valence-electron chi connectivity index (χ4n) is 12.3. The Hall–Kier alpha value is -0.790. The topological polar surface area (TPSA) is 37.3 Å². The number of carboxylic acid groups (broad SMARTS) is 1. The highest BCUT2D eigenvalue weighted by atomic mass is 16.4.